The van der Waals surface area contributed by atoms with E-state index in [4.69, 9.17) is 15.0 Å². The molecular weight excluding hydrogens is 681 g/mol. The lowest BCUT2D eigenvalue weighted by Gasteiger charge is -2.25. The number of nitrogens with zero attached hydrogens (tertiary/aromatic N) is 3. The van der Waals surface area contributed by atoms with E-state index in [1.165, 1.54) is 16.3 Å². The maximum absolute atomic E-state index is 5.48. The van der Waals surface area contributed by atoms with Crippen LogP contribution in [0, 0.1) is 0 Å². The van der Waals surface area contributed by atoms with E-state index >= 15 is 0 Å². The summed E-state index contributed by atoms with van der Waals surface area (Å²) in [6.45, 7) is 0. The van der Waals surface area contributed by atoms with Gasteiger partial charge < -0.3 is 5.32 Å². The molecule has 266 valence electrons. The van der Waals surface area contributed by atoms with E-state index in [0.29, 0.717) is 0 Å². The minimum atomic E-state index is -0.314. The maximum atomic E-state index is 5.48. The van der Waals surface area contributed by atoms with Crippen LogP contribution in [-0.4, -0.2) is 16.7 Å². The summed E-state index contributed by atoms with van der Waals surface area (Å²) in [4.78, 5) is 15.9. The fraction of sp³-hybridized carbons (Fsp3) is 0.0577. The number of nitrogens with one attached hydrogen (secondary N) is 1. The monoisotopic (exact) mass is 718 g/mol. The first kappa shape index (κ1) is 33.4. The van der Waals surface area contributed by atoms with Gasteiger partial charge in [0.05, 0.1) is 11.2 Å². The van der Waals surface area contributed by atoms with Gasteiger partial charge in [0.1, 0.15) is 12.0 Å². The maximum Gasteiger partial charge on any atom is 0.159 e. The summed E-state index contributed by atoms with van der Waals surface area (Å²) in [5.41, 5.74) is 12.9. The van der Waals surface area contributed by atoms with E-state index in [1.807, 2.05) is 0 Å². The lowest BCUT2D eigenvalue weighted by molar-refractivity contribution is 0.674. The van der Waals surface area contributed by atoms with Gasteiger partial charge in [-0.25, -0.2) is 15.0 Å². The highest BCUT2D eigenvalue weighted by Crippen LogP contribution is 2.41. The molecule has 10 rings (SSSR count). The van der Waals surface area contributed by atoms with Crippen LogP contribution < -0.4 is 5.32 Å². The number of allylic oxidation sites excluding steroid dienone is 2. The molecule has 2 heterocycles. The summed E-state index contributed by atoms with van der Waals surface area (Å²) in [7, 11) is 0. The number of aliphatic imine (C=N–C) groups is 2. The molecule has 0 bridgehead atoms. The first-order valence-corrected chi connectivity index (χ1v) is 19.3. The Hall–Kier alpha value is -7.17. The van der Waals surface area contributed by atoms with Gasteiger partial charge in [0.15, 0.2) is 5.84 Å². The van der Waals surface area contributed by atoms with Crippen LogP contribution in [0.15, 0.2) is 210 Å². The number of pyridine rings is 1. The second kappa shape index (κ2) is 14.6. The standard InChI is InChI=1S/C52H38N4/c1-5-17-35(18-6-1)39-26-15-28-42(31-39)51-54-50(38-23-11-4-12-24-38)55-52(56-51)43-29-16-27-40(32-43)46-33-41-25-13-14-30-44(41)48-45(36-19-7-2-8-20-36)34-47(53-49(46)48)37-21-9-3-10-22-37/h1-3,5-11,13-34,51H,4,12H2,(H,54,55,56). The van der Waals surface area contributed by atoms with E-state index in [2.05, 4.69) is 199 Å². The third-order valence-electron chi connectivity index (χ3n) is 10.7. The lowest BCUT2D eigenvalue weighted by Crippen LogP contribution is -2.33. The van der Waals surface area contributed by atoms with Gasteiger partial charge in [-0.3, -0.25) is 0 Å². The molecule has 0 radical (unpaired) electrons. The summed E-state index contributed by atoms with van der Waals surface area (Å²) in [5, 5.41) is 7.23. The predicted molar refractivity (Wildman–Crippen MR) is 234 cm³/mol. The molecule has 1 aromatic heterocycles. The zero-order chi connectivity index (χ0) is 37.3. The Kier molecular flexibility index (Phi) is 8.69. The van der Waals surface area contributed by atoms with Crippen LogP contribution in [0.25, 0.3) is 66.3 Å². The summed E-state index contributed by atoms with van der Waals surface area (Å²) >= 11 is 0. The molecule has 2 aliphatic rings. The Morgan fingerprint density at radius 2 is 1.20 bits per heavy atom. The number of hydrogen-bond acceptors (Lipinski definition) is 4. The van der Waals surface area contributed by atoms with Gasteiger partial charge >= 0.3 is 0 Å². The molecule has 8 aromatic rings. The number of aromatic nitrogens is 1. The predicted octanol–water partition coefficient (Wildman–Crippen LogP) is 12.8. The molecule has 1 atom stereocenters. The highest BCUT2D eigenvalue weighted by Gasteiger charge is 2.23. The van der Waals surface area contributed by atoms with Crippen LogP contribution in [0.4, 0.5) is 0 Å². The number of rotatable bonds is 7. The third-order valence-corrected chi connectivity index (χ3v) is 10.7. The van der Waals surface area contributed by atoms with Crippen molar-refractivity contribution in [1.82, 2.24) is 10.3 Å². The van der Waals surface area contributed by atoms with Crippen LogP contribution >= 0.6 is 0 Å². The number of amidine groups is 2. The highest BCUT2D eigenvalue weighted by atomic mass is 15.2. The molecule has 0 saturated carbocycles. The molecule has 0 saturated heterocycles. The lowest BCUT2D eigenvalue weighted by atomic mass is 9.90. The van der Waals surface area contributed by atoms with Crippen molar-refractivity contribution in [3.63, 3.8) is 0 Å². The van der Waals surface area contributed by atoms with Crippen molar-refractivity contribution in [2.75, 3.05) is 0 Å². The Bertz CT molecular complexity index is 2870. The van der Waals surface area contributed by atoms with Crippen LogP contribution in [0.1, 0.15) is 30.1 Å². The van der Waals surface area contributed by atoms with Crippen LogP contribution in [0.5, 0.6) is 0 Å². The molecule has 1 N–H and O–H groups in total. The second-order valence-electron chi connectivity index (χ2n) is 14.3. The van der Waals surface area contributed by atoms with Crippen LogP contribution in [-0.2, 0) is 0 Å². The van der Waals surface area contributed by atoms with E-state index in [9.17, 15) is 0 Å². The fourth-order valence-electron chi connectivity index (χ4n) is 7.94. The Balaban J connectivity index is 1.14. The van der Waals surface area contributed by atoms with Crippen molar-refractivity contribution in [3.8, 4) is 44.6 Å². The van der Waals surface area contributed by atoms with Crippen molar-refractivity contribution in [2.24, 2.45) is 9.98 Å². The van der Waals surface area contributed by atoms with Crippen LogP contribution in [0.3, 0.4) is 0 Å². The highest BCUT2D eigenvalue weighted by molar-refractivity contribution is 6.19. The molecule has 1 aliphatic carbocycles. The first-order chi connectivity index (χ1) is 27.7. The number of hydrogen-bond donors (Lipinski definition) is 1. The number of benzene rings is 7. The molecule has 0 spiro atoms. The molecular formula is C52H38N4. The molecule has 56 heavy (non-hydrogen) atoms. The molecule has 7 aromatic carbocycles. The van der Waals surface area contributed by atoms with Gasteiger partial charge in [0.2, 0.25) is 0 Å². The van der Waals surface area contributed by atoms with E-state index in [1.54, 1.807) is 0 Å². The Morgan fingerprint density at radius 3 is 1.98 bits per heavy atom. The Morgan fingerprint density at radius 1 is 0.518 bits per heavy atom. The van der Waals surface area contributed by atoms with Gasteiger partial charge in [-0.05, 0) is 81.3 Å². The minimum Gasteiger partial charge on any atom is -0.344 e. The summed E-state index contributed by atoms with van der Waals surface area (Å²) < 4.78 is 0. The van der Waals surface area contributed by atoms with Crippen molar-refractivity contribution < 1.29 is 0 Å². The van der Waals surface area contributed by atoms with Crippen molar-refractivity contribution >= 4 is 33.3 Å². The topological polar surface area (TPSA) is 49.6 Å². The first-order valence-electron chi connectivity index (χ1n) is 19.3. The zero-order valence-corrected chi connectivity index (χ0v) is 30.8. The van der Waals surface area contributed by atoms with Gasteiger partial charge in [0, 0.05) is 27.6 Å². The van der Waals surface area contributed by atoms with Gasteiger partial charge in [-0.15, -0.1) is 0 Å². The van der Waals surface area contributed by atoms with E-state index in [0.717, 1.165) is 91.2 Å². The summed E-state index contributed by atoms with van der Waals surface area (Å²) in [6.07, 6.45) is 8.31. The molecule has 0 amide bonds. The van der Waals surface area contributed by atoms with Crippen molar-refractivity contribution in [2.45, 2.75) is 19.0 Å². The Labute approximate surface area is 327 Å². The van der Waals surface area contributed by atoms with E-state index in [-0.39, 0.29) is 6.17 Å². The van der Waals surface area contributed by atoms with Crippen LogP contribution in [0.2, 0.25) is 0 Å². The zero-order valence-electron chi connectivity index (χ0n) is 30.8. The smallest absolute Gasteiger partial charge is 0.159 e. The van der Waals surface area contributed by atoms with Crippen molar-refractivity contribution in [1.29, 1.82) is 0 Å². The van der Waals surface area contributed by atoms with Gasteiger partial charge in [-0.1, -0.05) is 170 Å². The summed E-state index contributed by atoms with van der Waals surface area (Å²) in [5.74, 6) is 1.54. The SMILES string of the molecule is C1=CC(C2=NC(c3cccc(-c4ccccc4)c3)NC(c3cccc(-c4cc5ccccc5c5c(-c6ccccc6)cc(-c6ccccc6)nc45)c3)=N2)=CCC1. The molecule has 1 aliphatic heterocycles. The van der Waals surface area contributed by atoms with Gasteiger partial charge in [0.25, 0.3) is 0 Å². The molecule has 4 heteroatoms. The molecule has 4 nitrogen and oxygen atoms in total. The average Bonchev–Trinajstić information content (AvgIpc) is 3.29. The van der Waals surface area contributed by atoms with Gasteiger partial charge in [-0.2, -0.15) is 0 Å². The quantitative estimate of drug-likeness (QED) is 0.167. The third kappa shape index (κ3) is 6.41. The summed E-state index contributed by atoms with van der Waals surface area (Å²) in [6, 6.07) is 62.3. The average molecular weight is 719 g/mol. The molecule has 1 unspecified atom stereocenters. The normalized spacial score (nSPS) is 15.2. The number of fused-ring (bicyclic) bond motifs is 3. The van der Waals surface area contributed by atoms with E-state index < -0.39 is 0 Å². The van der Waals surface area contributed by atoms with Crippen molar-refractivity contribution in [3.05, 3.63) is 211 Å². The molecule has 0 fully saturated rings. The second-order valence-corrected chi connectivity index (χ2v) is 14.3. The fourth-order valence-corrected chi connectivity index (χ4v) is 7.94. The largest absolute Gasteiger partial charge is 0.344 e. The minimum absolute atomic E-state index is 0.314.